The molecular formula is C23H19N3OS2. The van der Waals surface area contributed by atoms with E-state index in [0.29, 0.717) is 6.54 Å². The maximum Gasteiger partial charge on any atom is 0.269 e. The molecule has 0 atom stereocenters. The number of amides is 1. The lowest BCUT2D eigenvalue weighted by molar-refractivity contribution is -0.122. The van der Waals surface area contributed by atoms with Gasteiger partial charge in [0.15, 0.2) is 5.17 Å². The molecule has 0 spiro atoms. The van der Waals surface area contributed by atoms with Crippen molar-refractivity contribution in [2.45, 2.75) is 11.8 Å². The summed E-state index contributed by atoms with van der Waals surface area (Å²) in [5.41, 5.74) is 2.02. The van der Waals surface area contributed by atoms with Crippen molar-refractivity contribution in [2.24, 2.45) is 4.99 Å². The maximum atomic E-state index is 13.2. The number of benzene rings is 3. The summed E-state index contributed by atoms with van der Waals surface area (Å²) >= 11 is 3.12. The van der Waals surface area contributed by atoms with E-state index in [2.05, 4.69) is 35.2 Å². The summed E-state index contributed by atoms with van der Waals surface area (Å²) in [5, 5.41) is 3.95. The van der Waals surface area contributed by atoms with Crippen LogP contribution >= 0.6 is 23.5 Å². The zero-order chi connectivity index (χ0) is 20.0. The average Bonchev–Trinajstić information content (AvgIpc) is 3.24. The Hall–Kier alpha value is -2.70. The Bertz CT molecular complexity index is 1200. The third-order valence-electron chi connectivity index (χ3n) is 5.09. The molecule has 2 aliphatic heterocycles. The van der Waals surface area contributed by atoms with Gasteiger partial charge in [-0.05, 0) is 42.3 Å². The summed E-state index contributed by atoms with van der Waals surface area (Å²) in [6.45, 7) is 2.58. The lowest BCUT2D eigenvalue weighted by atomic mass is 10.1. The number of hydrogen-bond donors (Lipinski definition) is 0. The summed E-state index contributed by atoms with van der Waals surface area (Å²) < 4.78 is 0. The summed E-state index contributed by atoms with van der Waals surface area (Å²) in [6, 6.07) is 22.5. The van der Waals surface area contributed by atoms with E-state index in [-0.39, 0.29) is 5.91 Å². The Kier molecular flexibility index (Phi) is 4.60. The quantitative estimate of drug-likeness (QED) is 0.491. The molecule has 3 aromatic rings. The predicted octanol–water partition coefficient (Wildman–Crippen LogP) is 5.83. The first-order valence-corrected chi connectivity index (χ1v) is 11.1. The minimum absolute atomic E-state index is 0.0265. The van der Waals surface area contributed by atoms with E-state index in [9.17, 15) is 4.79 Å². The number of likely N-dealkylation sites (N-methyl/N-ethyl adjacent to an activating group) is 1. The first-order valence-electron chi connectivity index (χ1n) is 9.48. The Morgan fingerprint density at radius 1 is 0.931 bits per heavy atom. The molecule has 144 valence electrons. The third kappa shape index (κ3) is 3.03. The molecular weight excluding hydrogens is 398 g/mol. The number of carbonyl (C=O) groups is 1. The lowest BCUT2D eigenvalue weighted by Crippen LogP contribution is -2.29. The highest BCUT2D eigenvalue weighted by molar-refractivity contribution is 8.19. The fourth-order valence-corrected chi connectivity index (χ4v) is 6.01. The summed E-state index contributed by atoms with van der Waals surface area (Å²) in [5.74, 6) is 0.0265. The van der Waals surface area contributed by atoms with Crippen LogP contribution in [0.1, 0.15) is 6.92 Å². The van der Waals surface area contributed by atoms with Crippen molar-refractivity contribution in [1.29, 1.82) is 0 Å². The molecule has 1 fully saturated rings. The number of para-hydroxylation sites is 1. The number of fused-ring (bicyclic) bond motifs is 2. The zero-order valence-corrected chi connectivity index (χ0v) is 17.8. The first-order chi connectivity index (χ1) is 14.2. The number of carbonyl (C=O) groups excluding carboxylic acids is 1. The van der Waals surface area contributed by atoms with Gasteiger partial charge in [0.05, 0.1) is 16.4 Å². The SMILES string of the molecule is CCN1C(=O)/C(=C2/Sc3ccccc3N2C)SC1=Nc1cccc2ccccc12. The first kappa shape index (κ1) is 18.3. The van der Waals surface area contributed by atoms with Gasteiger partial charge in [-0.3, -0.25) is 9.69 Å². The van der Waals surface area contributed by atoms with Crippen LogP contribution in [-0.2, 0) is 4.79 Å². The minimum atomic E-state index is 0.0265. The van der Waals surface area contributed by atoms with Crippen LogP contribution in [0.3, 0.4) is 0 Å². The van der Waals surface area contributed by atoms with Gasteiger partial charge in [-0.2, -0.15) is 0 Å². The van der Waals surface area contributed by atoms with Crippen molar-refractivity contribution >= 4 is 56.7 Å². The summed E-state index contributed by atoms with van der Waals surface area (Å²) in [6.07, 6.45) is 0. The van der Waals surface area contributed by atoms with E-state index < -0.39 is 0 Å². The summed E-state index contributed by atoms with van der Waals surface area (Å²) in [7, 11) is 2.02. The van der Waals surface area contributed by atoms with Crippen LogP contribution in [0.5, 0.6) is 0 Å². The number of nitrogens with zero attached hydrogens (tertiary/aromatic N) is 3. The molecule has 0 N–H and O–H groups in total. The Labute approximate surface area is 178 Å². The van der Waals surface area contributed by atoms with Crippen LogP contribution in [0.4, 0.5) is 11.4 Å². The molecule has 0 radical (unpaired) electrons. The predicted molar refractivity (Wildman–Crippen MR) is 124 cm³/mol. The second-order valence-electron chi connectivity index (χ2n) is 6.81. The number of rotatable bonds is 2. The van der Waals surface area contributed by atoms with E-state index in [4.69, 9.17) is 4.99 Å². The van der Waals surface area contributed by atoms with Crippen LogP contribution in [-0.4, -0.2) is 29.6 Å². The molecule has 2 heterocycles. The molecule has 0 unspecified atom stereocenters. The monoisotopic (exact) mass is 417 g/mol. The highest BCUT2D eigenvalue weighted by atomic mass is 32.2. The summed E-state index contributed by atoms with van der Waals surface area (Å²) in [4.78, 5) is 23.9. The van der Waals surface area contributed by atoms with Gasteiger partial charge in [0.1, 0.15) is 4.91 Å². The Morgan fingerprint density at radius 3 is 2.52 bits per heavy atom. The van der Waals surface area contributed by atoms with Gasteiger partial charge >= 0.3 is 0 Å². The van der Waals surface area contributed by atoms with Crippen LogP contribution in [0.2, 0.25) is 0 Å². The number of hydrogen-bond acceptors (Lipinski definition) is 5. The molecule has 2 aliphatic rings. The molecule has 3 aromatic carbocycles. The number of thioether (sulfide) groups is 2. The van der Waals surface area contributed by atoms with Gasteiger partial charge < -0.3 is 4.90 Å². The van der Waals surface area contributed by atoms with Crippen molar-refractivity contribution in [3.8, 4) is 0 Å². The van der Waals surface area contributed by atoms with Gasteiger partial charge in [-0.15, -0.1) is 0 Å². The number of aliphatic imine (C=N–C) groups is 1. The van der Waals surface area contributed by atoms with E-state index in [1.165, 1.54) is 16.7 Å². The second kappa shape index (κ2) is 7.28. The Balaban J connectivity index is 1.58. The van der Waals surface area contributed by atoms with Gasteiger partial charge in [0, 0.05) is 23.9 Å². The highest BCUT2D eigenvalue weighted by Gasteiger charge is 2.38. The van der Waals surface area contributed by atoms with Crippen LogP contribution < -0.4 is 4.90 Å². The average molecular weight is 418 g/mol. The van der Waals surface area contributed by atoms with Crippen molar-refractivity contribution in [1.82, 2.24) is 4.90 Å². The van der Waals surface area contributed by atoms with Gasteiger partial charge in [0.25, 0.3) is 5.91 Å². The smallest absolute Gasteiger partial charge is 0.269 e. The van der Waals surface area contributed by atoms with E-state index in [1.807, 2.05) is 50.4 Å². The highest BCUT2D eigenvalue weighted by Crippen LogP contribution is 2.50. The van der Waals surface area contributed by atoms with Crippen LogP contribution in [0.25, 0.3) is 10.8 Å². The van der Waals surface area contributed by atoms with Gasteiger partial charge in [-0.25, -0.2) is 4.99 Å². The number of anilines is 1. The fraction of sp³-hybridized carbons (Fsp3) is 0.130. The van der Waals surface area contributed by atoms with Gasteiger partial charge in [0.2, 0.25) is 0 Å². The molecule has 0 bridgehead atoms. The molecule has 6 heteroatoms. The normalized spacial score (nSPS) is 20.2. The molecule has 1 amide bonds. The fourth-order valence-electron chi connectivity index (χ4n) is 3.61. The van der Waals surface area contributed by atoms with Crippen molar-refractivity contribution in [3.63, 3.8) is 0 Å². The molecule has 29 heavy (non-hydrogen) atoms. The largest absolute Gasteiger partial charge is 0.337 e. The van der Waals surface area contributed by atoms with E-state index in [0.717, 1.165) is 37.2 Å². The van der Waals surface area contributed by atoms with E-state index >= 15 is 0 Å². The standard InChI is InChI=1S/C23H19N3OS2/c1-3-26-21(27)20(22-25(2)18-13-6-7-14-19(18)28-22)29-23(26)24-17-12-8-10-15-9-4-5-11-16(15)17/h4-14H,3H2,1-2H3/b22-20-,24-23?. The molecule has 0 aliphatic carbocycles. The van der Waals surface area contributed by atoms with Crippen molar-refractivity contribution in [2.75, 3.05) is 18.5 Å². The minimum Gasteiger partial charge on any atom is -0.337 e. The molecule has 1 saturated heterocycles. The van der Waals surface area contributed by atoms with Crippen LogP contribution in [0.15, 0.2) is 86.6 Å². The zero-order valence-electron chi connectivity index (χ0n) is 16.1. The van der Waals surface area contributed by atoms with Gasteiger partial charge in [-0.1, -0.05) is 60.3 Å². The lowest BCUT2D eigenvalue weighted by Gasteiger charge is -2.15. The maximum absolute atomic E-state index is 13.2. The van der Waals surface area contributed by atoms with Crippen molar-refractivity contribution < 1.29 is 4.79 Å². The second-order valence-corrected chi connectivity index (χ2v) is 8.82. The molecule has 4 nitrogen and oxygen atoms in total. The van der Waals surface area contributed by atoms with E-state index in [1.54, 1.807) is 16.7 Å². The molecule has 0 aromatic heterocycles. The van der Waals surface area contributed by atoms with Crippen molar-refractivity contribution in [3.05, 3.63) is 76.7 Å². The Morgan fingerprint density at radius 2 is 1.69 bits per heavy atom. The number of amidine groups is 1. The topological polar surface area (TPSA) is 35.9 Å². The third-order valence-corrected chi connectivity index (χ3v) is 7.53. The molecule has 0 saturated carbocycles. The molecule has 5 rings (SSSR count). The van der Waals surface area contributed by atoms with Crippen LogP contribution in [0, 0.1) is 0 Å².